The van der Waals surface area contributed by atoms with Gasteiger partial charge in [-0.05, 0) is 25.5 Å². The van der Waals surface area contributed by atoms with Gasteiger partial charge in [-0.1, -0.05) is 13.8 Å². The van der Waals surface area contributed by atoms with Crippen LogP contribution in [0.5, 0.6) is 0 Å². The second-order valence-corrected chi connectivity index (χ2v) is 2.57. The standard InChI is InChI=1S/C8H11F3N2.C2H6/c1-5(3-4-12)7(6(2)13)8(9,10)11;1-2/h3-4,12H,13H2,1-2H3;1-2H3/b5-3-,7-6+,12-4?;. The summed E-state index contributed by atoms with van der Waals surface area (Å²) in [7, 11) is 0. The van der Waals surface area contributed by atoms with Gasteiger partial charge in [0.15, 0.2) is 0 Å². The average Bonchev–Trinajstić information content (AvgIpc) is 2.04. The van der Waals surface area contributed by atoms with Crippen molar-refractivity contribution in [1.29, 1.82) is 5.41 Å². The first-order chi connectivity index (χ1) is 6.80. The van der Waals surface area contributed by atoms with E-state index in [4.69, 9.17) is 11.1 Å². The number of nitrogens with one attached hydrogen (secondary N) is 1. The van der Waals surface area contributed by atoms with Crippen molar-refractivity contribution in [3.05, 3.63) is 22.9 Å². The predicted molar refractivity (Wildman–Crippen MR) is 56.8 cm³/mol. The molecule has 0 amide bonds. The van der Waals surface area contributed by atoms with E-state index in [0.717, 1.165) is 12.3 Å². The molecular formula is C10H17F3N2. The lowest BCUT2D eigenvalue weighted by molar-refractivity contribution is -0.0901. The van der Waals surface area contributed by atoms with Gasteiger partial charge in [0.25, 0.3) is 0 Å². The molecule has 0 bridgehead atoms. The molecule has 0 rings (SSSR count). The maximum atomic E-state index is 12.3. The van der Waals surface area contributed by atoms with Gasteiger partial charge in [-0.25, -0.2) is 0 Å². The summed E-state index contributed by atoms with van der Waals surface area (Å²) < 4.78 is 36.9. The first-order valence-corrected chi connectivity index (χ1v) is 4.52. The summed E-state index contributed by atoms with van der Waals surface area (Å²) in [5.41, 5.74) is 3.89. The predicted octanol–water partition coefficient (Wildman–Crippen LogP) is 3.40. The molecule has 0 saturated carbocycles. The van der Waals surface area contributed by atoms with E-state index in [-0.39, 0.29) is 11.3 Å². The highest BCUT2D eigenvalue weighted by molar-refractivity contribution is 5.70. The zero-order valence-electron chi connectivity index (χ0n) is 9.37. The molecule has 15 heavy (non-hydrogen) atoms. The summed E-state index contributed by atoms with van der Waals surface area (Å²) in [5.74, 6) is 0. The highest BCUT2D eigenvalue weighted by Gasteiger charge is 2.35. The van der Waals surface area contributed by atoms with Gasteiger partial charge in [0.2, 0.25) is 0 Å². The number of hydrogen-bond donors (Lipinski definition) is 2. The van der Waals surface area contributed by atoms with Crippen molar-refractivity contribution >= 4 is 6.21 Å². The summed E-state index contributed by atoms with van der Waals surface area (Å²) in [6, 6.07) is 0. The van der Waals surface area contributed by atoms with Crippen LogP contribution in [0.3, 0.4) is 0 Å². The van der Waals surface area contributed by atoms with Crippen LogP contribution in [0.2, 0.25) is 0 Å². The summed E-state index contributed by atoms with van der Waals surface area (Å²) in [6.07, 6.45) is -2.61. The second kappa shape index (κ2) is 7.09. The van der Waals surface area contributed by atoms with Gasteiger partial charge in [0.05, 0.1) is 5.57 Å². The Hall–Kier alpha value is -1.26. The highest BCUT2D eigenvalue weighted by Crippen LogP contribution is 2.31. The molecule has 0 aliphatic rings. The lowest BCUT2D eigenvalue weighted by atomic mass is 10.1. The van der Waals surface area contributed by atoms with Gasteiger partial charge >= 0.3 is 6.18 Å². The Balaban J connectivity index is 0. The Kier molecular flexibility index (Phi) is 7.65. The SMILES string of the molecule is CC.CC(=C/C=N)/C(=C(/C)N)C(F)(F)F. The van der Waals surface area contributed by atoms with E-state index >= 15 is 0 Å². The maximum absolute atomic E-state index is 12.3. The molecule has 0 aromatic rings. The van der Waals surface area contributed by atoms with Crippen molar-refractivity contribution in [2.45, 2.75) is 33.9 Å². The number of allylic oxidation sites excluding steroid dienone is 4. The van der Waals surface area contributed by atoms with Crippen LogP contribution in [0, 0.1) is 5.41 Å². The third kappa shape index (κ3) is 5.93. The fraction of sp³-hybridized carbons (Fsp3) is 0.500. The molecule has 0 saturated heterocycles. The van der Waals surface area contributed by atoms with Gasteiger partial charge in [-0.15, -0.1) is 0 Å². The Morgan fingerprint density at radius 3 is 1.80 bits per heavy atom. The number of hydrogen-bond acceptors (Lipinski definition) is 2. The summed E-state index contributed by atoms with van der Waals surface area (Å²) in [6.45, 7) is 6.45. The van der Waals surface area contributed by atoms with E-state index in [1.807, 2.05) is 13.8 Å². The lowest BCUT2D eigenvalue weighted by Crippen LogP contribution is -2.17. The van der Waals surface area contributed by atoms with E-state index in [0.29, 0.717) is 0 Å². The quantitative estimate of drug-likeness (QED) is 0.546. The van der Waals surface area contributed by atoms with E-state index < -0.39 is 11.7 Å². The molecule has 0 aliphatic carbocycles. The molecule has 0 fully saturated rings. The van der Waals surface area contributed by atoms with Gasteiger partial charge in [-0.3, -0.25) is 0 Å². The van der Waals surface area contributed by atoms with Crippen LogP contribution in [0.1, 0.15) is 27.7 Å². The van der Waals surface area contributed by atoms with Gasteiger partial charge in [-0.2, -0.15) is 13.2 Å². The Morgan fingerprint density at radius 1 is 1.20 bits per heavy atom. The number of nitrogens with two attached hydrogens (primary N) is 1. The fourth-order valence-corrected chi connectivity index (χ4v) is 0.966. The minimum absolute atomic E-state index is 0.0532. The molecule has 0 spiro atoms. The second-order valence-electron chi connectivity index (χ2n) is 2.57. The molecule has 88 valence electrons. The highest BCUT2D eigenvalue weighted by atomic mass is 19.4. The number of rotatable bonds is 2. The monoisotopic (exact) mass is 222 g/mol. The van der Waals surface area contributed by atoms with Crippen molar-refractivity contribution in [1.82, 2.24) is 0 Å². The minimum atomic E-state index is -4.46. The smallest absolute Gasteiger partial charge is 0.402 e. The van der Waals surface area contributed by atoms with Crippen molar-refractivity contribution in [3.8, 4) is 0 Å². The zero-order valence-corrected chi connectivity index (χ0v) is 9.37. The summed E-state index contributed by atoms with van der Waals surface area (Å²) in [4.78, 5) is 0. The number of alkyl halides is 3. The summed E-state index contributed by atoms with van der Waals surface area (Å²) in [5, 5.41) is 6.64. The van der Waals surface area contributed by atoms with Crippen LogP contribution < -0.4 is 5.73 Å². The van der Waals surface area contributed by atoms with Crippen molar-refractivity contribution in [2.75, 3.05) is 0 Å². The lowest BCUT2D eigenvalue weighted by Gasteiger charge is -2.13. The molecule has 3 N–H and O–H groups in total. The molecule has 0 heterocycles. The molecule has 0 atom stereocenters. The Bertz CT molecular complexity index is 258. The minimum Gasteiger partial charge on any atom is -0.402 e. The van der Waals surface area contributed by atoms with Gasteiger partial charge in [0, 0.05) is 11.9 Å². The van der Waals surface area contributed by atoms with Crippen LogP contribution in [-0.2, 0) is 0 Å². The molecule has 0 unspecified atom stereocenters. The molecule has 0 aromatic heterocycles. The molecule has 5 heteroatoms. The van der Waals surface area contributed by atoms with Crippen molar-refractivity contribution < 1.29 is 13.2 Å². The number of halogens is 3. The average molecular weight is 222 g/mol. The molecule has 0 aliphatic heterocycles. The Morgan fingerprint density at radius 2 is 1.60 bits per heavy atom. The van der Waals surface area contributed by atoms with E-state index in [1.54, 1.807) is 0 Å². The van der Waals surface area contributed by atoms with Crippen LogP contribution in [0.15, 0.2) is 22.9 Å². The zero-order chi connectivity index (χ0) is 12.6. The van der Waals surface area contributed by atoms with Crippen LogP contribution >= 0.6 is 0 Å². The molecular weight excluding hydrogens is 205 g/mol. The first kappa shape index (κ1) is 16.2. The van der Waals surface area contributed by atoms with E-state index in [1.165, 1.54) is 13.8 Å². The van der Waals surface area contributed by atoms with Crippen LogP contribution in [0.4, 0.5) is 13.2 Å². The maximum Gasteiger partial charge on any atom is 0.418 e. The third-order valence-corrected chi connectivity index (χ3v) is 1.41. The topological polar surface area (TPSA) is 49.9 Å². The summed E-state index contributed by atoms with van der Waals surface area (Å²) >= 11 is 0. The Labute approximate surface area is 88.2 Å². The van der Waals surface area contributed by atoms with Crippen molar-refractivity contribution in [3.63, 3.8) is 0 Å². The van der Waals surface area contributed by atoms with E-state index in [9.17, 15) is 13.2 Å². The third-order valence-electron chi connectivity index (χ3n) is 1.41. The first-order valence-electron chi connectivity index (χ1n) is 4.52. The fourth-order valence-electron chi connectivity index (χ4n) is 0.966. The largest absolute Gasteiger partial charge is 0.418 e. The van der Waals surface area contributed by atoms with Crippen molar-refractivity contribution in [2.24, 2.45) is 5.73 Å². The molecule has 0 radical (unpaired) electrons. The molecule has 2 nitrogen and oxygen atoms in total. The normalized spacial score (nSPS) is 13.7. The van der Waals surface area contributed by atoms with Gasteiger partial charge < -0.3 is 11.1 Å². The van der Waals surface area contributed by atoms with Gasteiger partial charge in [0.1, 0.15) is 0 Å². The van der Waals surface area contributed by atoms with Crippen LogP contribution in [0.25, 0.3) is 0 Å². The molecule has 0 aromatic carbocycles. The van der Waals surface area contributed by atoms with Crippen LogP contribution in [-0.4, -0.2) is 12.4 Å². The van der Waals surface area contributed by atoms with E-state index in [2.05, 4.69) is 0 Å².